The van der Waals surface area contributed by atoms with E-state index in [0.717, 1.165) is 6.92 Å². The fraction of sp³-hybridized carbons (Fsp3) is 0.833. The van der Waals surface area contributed by atoms with Gasteiger partial charge in [0.15, 0.2) is 0 Å². The van der Waals surface area contributed by atoms with E-state index in [1.54, 1.807) is 0 Å². The molecule has 0 aliphatic rings. The highest BCUT2D eigenvalue weighted by Gasteiger charge is 2.49. The van der Waals surface area contributed by atoms with Crippen LogP contribution < -0.4 is 0 Å². The van der Waals surface area contributed by atoms with Gasteiger partial charge in [0, 0.05) is 6.42 Å². The molecule has 0 amide bonds. The van der Waals surface area contributed by atoms with Crippen molar-refractivity contribution in [3.8, 4) is 0 Å². The minimum atomic E-state index is -2.24. The first kappa shape index (κ1) is 11.5. The van der Waals surface area contributed by atoms with Crippen LogP contribution in [0.25, 0.3) is 0 Å². The van der Waals surface area contributed by atoms with Gasteiger partial charge >= 0.3 is 5.66 Å². The molecule has 0 spiro atoms. The molecule has 7 heteroatoms. The minimum absolute atomic E-state index is 0.154. The topological polar surface area (TPSA) is 103 Å². The standard InChI is InChI=1S/C6H10N2O5/c1-5(9)3-4-6(2,7(10)11)8(12)13/h3-4H2,1-2H3. The first-order valence-electron chi connectivity index (χ1n) is 3.59. The summed E-state index contributed by atoms with van der Waals surface area (Å²) in [5, 5.41) is 20.7. The number of ketones is 1. The third-order valence-corrected chi connectivity index (χ3v) is 1.74. The summed E-state index contributed by atoms with van der Waals surface area (Å²) < 4.78 is 0. The van der Waals surface area contributed by atoms with E-state index in [9.17, 15) is 25.0 Å². The van der Waals surface area contributed by atoms with Crippen molar-refractivity contribution in [2.75, 3.05) is 0 Å². The van der Waals surface area contributed by atoms with Gasteiger partial charge in [-0.2, -0.15) is 0 Å². The van der Waals surface area contributed by atoms with Gasteiger partial charge in [-0.25, -0.2) is 0 Å². The van der Waals surface area contributed by atoms with E-state index in [2.05, 4.69) is 0 Å². The molecule has 13 heavy (non-hydrogen) atoms. The van der Waals surface area contributed by atoms with Gasteiger partial charge in [0.1, 0.15) is 5.78 Å². The van der Waals surface area contributed by atoms with E-state index in [1.165, 1.54) is 6.92 Å². The highest BCUT2D eigenvalue weighted by molar-refractivity contribution is 5.75. The lowest BCUT2D eigenvalue weighted by Gasteiger charge is -2.10. The largest absolute Gasteiger partial charge is 0.456 e. The fourth-order valence-corrected chi connectivity index (χ4v) is 0.662. The van der Waals surface area contributed by atoms with Gasteiger partial charge in [0.2, 0.25) is 0 Å². The van der Waals surface area contributed by atoms with Gasteiger partial charge in [0.25, 0.3) is 0 Å². The number of nitro groups is 2. The third kappa shape index (κ3) is 2.77. The van der Waals surface area contributed by atoms with Crippen LogP contribution in [0.3, 0.4) is 0 Å². The van der Waals surface area contributed by atoms with Gasteiger partial charge in [-0.15, -0.1) is 0 Å². The molecule has 0 aliphatic carbocycles. The number of nitrogens with zero attached hydrogens (tertiary/aromatic N) is 2. The third-order valence-electron chi connectivity index (χ3n) is 1.74. The summed E-state index contributed by atoms with van der Waals surface area (Å²) in [7, 11) is 0. The summed E-state index contributed by atoms with van der Waals surface area (Å²) in [6, 6.07) is 0. The Morgan fingerprint density at radius 3 is 1.92 bits per heavy atom. The predicted molar refractivity (Wildman–Crippen MR) is 42.3 cm³/mol. The zero-order chi connectivity index (χ0) is 10.6. The van der Waals surface area contributed by atoms with E-state index in [1.807, 2.05) is 0 Å². The number of carbonyl (C=O) groups excluding carboxylic acids is 1. The van der Waals surface area contributed by atoms with Crippen molar-refractivity contribution in [1.29, 1.82) is 0 Å². The number of rotatable bonds is 5. The fourth-order valence-electron chi connectivity index (χ4n) is 0.662. The number of carbonyl (C=O) groups is 1. The van der Waals surface area contributed by atoms with Crippen molar-refractivity contribution in [3.05, 3.63) is 20.2 Å². The second-order valence-corrected chi connectivity index (χ2v) is 2.93. The summed E-state index contributed by atoms with van der Waals surface area (Å²) in [4.78, 5) is 29.2. The molecular formula is C6H10N2O5. The van der Waals surface area contributed by atoms with Crippen LogP contribution in [-0.4, -0.2) is 21.3 Å². The Morgan fingerprint density at radius 2 is 1.69 bits per heavy atom. The Kier molecular flexibility index (Phi) is 3.46. The molecule has 0 aliphatic heterocycles. The Bertz CT molecular complexity index is 235. The lowest BCUT2D eigenvalue weighted by atomic mass is 10.1. The number of hydrogen-bond acceptors (Lipinski definition) is 5. The normalized spacial score (nSPS) is 10.9. The van der Waals surface area contributed by atoms with Gasteiger partial charge in [-0.3, -0.25) is 20.2 Å². The molecule has 0 unspecified atom stereocenters. The van der Waals surface area contributed by atoms with Crippen LogP contribution in [0.5, 0.6) is 0 Å². The summed E-state index contributed by atoms with van der Waals surface area (Å²) >= 11 is 0. The lowest BCUT2D eigenvalue weighted by molar-refractivity contribution is -0.792. The number of hydrogen-bond donors (Lipinski definition) is 0. The molecule has 7 nitrogen and oxygen atoms in total. The quantitative estimate of drug-likeness (QED) is 0.359. The summed E-state index contributed by atoms with van der Waals surface area (Å²) in [5.74, 6) is -0.296. The molecule has 0 bridgehead atoms. The molecule has 0 fully saturated rings. The molecule has 74 valence electrons. The lowest BCUT2D eigenvalue weighted by Crippen LogP contribution is -2.43. The predicted octanol–water partition coefficient (Wildman–Crippen LogP) is 0.625. The van der Waals surface area contributed by atoms with E-state index in [-0.39, 0.29) is 18.6 Å². The van der Waals surface area contributed by atoms with Crippen molar-refractivity contribution in [2.45, 2.75) is 32.4 Å². The maximum atomic E-state index is 10.5. The molecule has 0 rings (SSSR count). The molecular weight excluding hydrogens is 180 g/mol. The maximum Gasteiger partial charge on any atom is 0.456 e. The molecule has 0 N–H and O–H groups in total. The van der Waals surface area contributed by atoms with Crippen molar-refractivity contribution in [2.24, 2.45) is 0 Å². The molecule has 0 atom stereocenters. The van der Waals surface area contributed by atoms with Crippen LogP contribution in [-0.2, 0) is 4.79 Å². The summed E-state index contributed by atoms with van der Waals surface area (Å²) in [5.41, 5.74) is -2.24. The summed E-state index contributed by atoms with van der Waals surface area (Å²) in [6.07, 6.45) is -0.527. The van der Waals surface area contributed by atoms with Crippen LogP contribution in [0, 0.1) is 20.2 Å². The van der Waals surface area contributed by atoms with E-state index in [0.29, 0.717) is 0 Å². The van der Waals surface area contributed by atoms with Crippen molar-refractivity contribution < 1.29 is 14.6 Å². The van der Waals surface area contributed by atoms with Crippen LogP contribution >= 0.6 is 0 Å². The molecule has 0 heterocycles. The Labute approximate surface area is 74.0 Å². The average molecular weight is 190 g/mol. The van der Waals surface area contributed by atoms with Crippen LogP contribution in [0.1, 0.15) is 26.7 Å². The SMILES string of the molecule is CC(=O)CCC(C)([N+](=O)[O-])[N+](=O)[O-]. The first-order valence-corrected chi connectivity index (χ1v) is 3.59. The first-order chi connectivity index (χ1) is 5.80. The highest BCUT2D eigenvalue weighted by Crippen LogP contribution is 2.17. The zero-order valence-corrected chi connectivity index (χ0v) is 7.35. The van der Waals surface area contributed by atoms with Crippen molar-refractivity contribution >= 4 is 5.78 Å². The molecule has 0 aromatic carbocycles. The minimum Gasteiger partial charge on any atom is -0.300 e. The molecule has 0 radical (unpaired) electrons. The van der Waals surface area contributed by atoms with E-state index >= 15 is 0 Å². The molecule has 0 aromatic rings. The van der Waals surface area contributed by atoms with E-state index in [4.69, 9.17) is 0 Å². The highest BCUT2D eigenvalue weighted by atomic mass is 16.7. The van der Waals surface area contributed by atoms with Crippen LogP contribution in [0.2, 0.25) is 0 Å². The van der Waals surface area contributed by atoms with Crippen LogP contribution in [0.4, 0.5) is 0 Å². The smallest absolute Gasteiger partial charge is 0.300 e. The van der Waals surface area contributed by atoms with Gasteiger partial charge in [-0.05, 0) is 6.92 Å². The monoisotopic (exact) mass is 190 g/mol. The molecule has 0 saturated carbocycles. The van der Waals surface area contributed by atoms with Gasteiger partial charge in [-0.1, -0.05) is 0 Å². The summed E-state index contributed by atoms with van der Waals surface area (Å²) in [6.45, 7) is 2.14. The average Bonchev–Trinajstić information content (AvgIpc) is 1.99. The van der Waals surface area contributed by atoms with E-state index < -0.39 is 15.5 Å². The van der Waals surface area contributed by atoms with Gasteiger partial charge < -0.3 is 4.79 Å². The molecule has 0 aromatic heterocycles. The van der Waals surface area contributed by atoms with Crippen LogP contribution in [0.15, 0.2) is 0 Å². The molecule has 0 saturated heterocycles. The maximum absolute atomic E-state index is 10.5. The Morgan fingerprint density at radius 1 is 1.31 bits per heavy atom. The number of Topliss-reactive ketones (excluding diaryl/α,β-unsaturated/α-hetero) is 1. The second-order valence-electron chi connectivity index (χ2n) is 2.93. The Hall–Kier alpha value is -1.53. The Balaban J connectivity index is 4.52. The van der Waals surface area contributed by atoms with Crippen molar-refractivity contribution in [1.82, 2.24) is 0 Å². The zero-order valence-electron chi connectivity index (χ0n) is 7.35. The van der Waals surface area contributed by atoms with Crippen molar-refractivity contribution in [3.63, 3.8) is 0 Å². The van der Waals surface area contributed by atoms with Gasteiger partial charge in [0.05, 0.1) is 23.2 Å². The second kappa shape index (κ2) is 3.92.